The molecule has 0 aliphatic carbocycles. The fourth-order valence-corrected chi connectivity index (χ4v) is 1.09. The average molecular weight is 196 g/mol. The molecule has 0 bridgehead atoms. The molecule has 0 aliphatic rings. The molecule has 1 aromatic carbocycles. The zero-order valence-corrected chi connectivity index (χ0v) is 7.62. The topological polar surface area (TPSA) is 65.8 Å². The quantitative estimate of drug-likeness (QED) is 0.386. The first-order chi connectivity index (χ1) is 6.15. The highest BCUT2D eigenvalue weighted by Gasteiger charge is 2.06. The van der Waals surface area contributed by atoms with Gasteiger partial charge in [-0.25, -0.2) is 0 Å². The Balaban J connectivity index is 3.20. The van der Waals surface area contributed by atoms with Gasteiger partial charge in [-0.15, -0.1) is 0 Å². The Morgan fingerprint density at radius 1 is 1.62 bits per heavy atom. The Hall–Kier alpha value is -1.51. The Morgan fingerprint density at radius 3 is 2.92 bits per heavy atom. The summed E-state index contributed by atoms with van der Waals surface area (Å²) in [5.41, 5.74) is 9.14. The second-order valence-corrected chi connectivity index (χ2v) is 2.89. The molecule has 1 aromatic rings. The lowest BCUT2D eigenvalue weighted by Gasteiger charge is -2.00. The summed E-state index contributed by atoms with van der Waals surface area (Å²) in [5, 5.41) is 3.43. The third-order valence-electron chi connectivity index (χ3n) is 1.57. The van der Waals surface area contributed by atoms with Gasteiger partial charge in [0, 0.05) is 15.5 Å². The van der Waals surface area contributed by atoms with Gasteiger partial charge in [0.25, 0.3) is 0 Å². The standard InChI is InChI=1S/C8H6ClN3O/c1-5-2-3-6(9)4-7(5)8(13)11-12-10/h2-4H,1H3. The molecular formula is C8H6ClN3O. The lowest BCUT2D eigenvalue weighted by atomic mass is 10.1. The van der Waals surface area contributed by atoms with E-state index in [2.05, 4.69) is 10.0 Å². The molecule has 66 valence electrons. The third kappa shape index (κ3) is 2.21. The number of aryl methyl sites for hydroxylation is 1. The van der Waals surface area contributed by atoms with Gasteiger partial charge < -0.3 is 0 Å². The van der Waals surface area contributed by atoms with E-state index >= 15 is 0 Å². The molecule has 0 atom stereocenters. The summed E-state index contributed by atoms with van der Waals surface area (Å²) in [5.74, 6) is -0.609. The number of benzene rings is 1. The molecule has 1 amide bonds. The highest BCUT2D eigenvalue weighted by Crippen LogP contribution is 2.16. The van der Waals surface area contributed by atoms with Gasteiger partial charge in [-0.3, -0.25) is 4.79 Å². The SMILES string of the molecule is Cc1ccc(Cl)cc1C(=O)N=[N+]=[N-]. The molecule has 13 heavy (non-hydrogen) atoms. The fraction of sp³-hybridized carbons (Fsp3) is 0.125. The highest BCUT2D eigenvalue weighted by atomic mass is 35.5. The van der Waals surface area contributed by atoms with Crippen molar-refractivity contribution in [2.24, 2.45) is 5.11 Å². The molecular weight excluding hydrogens is 190 g/mol. The van der Waals surface area contributed by atoms with Crippen LogP contribution in [-0.2, 0) is 0 Å². The summed E-state index contributed by atoms with van der Waals surface area (Å²) in [4.78, 5) is 13.6. The van der Waals surface area contributed by atoms with Crippen LogP contribution >= 0.6 is 11.6 Å². The van der Waals surface area contributed by atoms with Crippen LogP contribution in [0.25, 0.3) is 10.4 Å². The van der Waals surface area contributed by atoms with E-state index < -0.39 is 5.91 Å². The van der Waals surface area contributed by atoms with Crippen LogP contribution in [0.3, 0.4) is 0 Å². The Bertz CT molecular complexity index is 396. The van der Waals surface area contributed by atoms with E-state index in [1.165, 1.54) is 6.07 Å². The van der Waals surface area contributed by atoms with Crippen molar-refractivity contribution in [3.05, 3.63) is 44.8 Å². The number of hydrogen-bond donors (Lipinski definition) is 0. The van der Waals surface area contributed by atoms with Gasteiger partial charge in [0.05, 0.1) is 0 Å². The normalized spacial score (nSPS) is 9.08. The van der Waals surface area contributed by atoms with Gasteiger partial charge in [0.2, 0.25) is 5.91 Å². The van der Waals surface area contributed by atoms with E-state index in [-0.39, 0.29) is 0 Å². The molecule has 0 aromatic heterocycles. The summed E-state index contributed by atoms with van der Waals surface area (Å²) in [6.45, 7) is 1.75. The molecule has 1 rings (SSSR count). The fourth-order valence-electron chi connectivity index (χ4n) is 0.919. The van der Waals surface area contributed by atoms with Crippen LogP contribution < -0.4 is 0 Å². The zero-order chi connectivity index (χ0) is 9.84. The lowest BCUT2D eigenvalue weighted by molar-refractivity contribution is 0.1000. The van der Waals surface area contributed by atoms with Crippen molar-refractivity contribution < 1.29 is 4.79 Å². The van der Waals surface area contributed by atoms with Crippen molar-refractivity contribution in [3.63, 3.8) is 0 Å². The van der Waals surface area contributed by atoms with Gasteiger partial charge in [0.1, 0.15) is 0 Å². The van der Waals surface area contributed by atoms with Crippen LogP contribution in [0.5, 0.6) is 0 Å². The Morgan fingerprint density at radius 2 is 2.31 bits per heavy atom. The number of amides is 1. The van der Waals surface area contributed by atoms with E-state index in [0.717, 1.165) is 5.56 Å². The van der Waals surface area contributed by atoms with Gasteiger partial charge in [0.15, 0.2) is 0 Å². The summed E-state index contributed by atoms with van der Waals surface area (Å²) in [6, 6.07) is 4.85. The van der Waals surface area contributed by atoms with Crippen LogP contribution in [0.4, 0.5) is 0 Å². The smallest absolute Gasteiger partial charge is 0.249 e. The summed E-state index contributed by atoms with van der Waals surface area (Å²) in [7, 11) is 0. The van der Waals surface area contributed by atoms with E-state index in [1.807, 2.05) is 0 Å². The Kier molecular flexibility index (Phi) is 2.90. The predicted octanol–water partition coefficient (Wildman–Crippen LogP) is 3.10. The molecule has 0 saturated carbocycles. The van der Waals surface area contributed by atoms with Gasteiger partial charge in [-0.1, -0.05) is 17.7 Å². The lowest BCUT2D eigenvalue weighted by Crippen LogP contribution is -1.96. The van der Waals surface area contributed by atoms with Crippen LogP contribution in [0.2, 0.25) is 5.02 Å². The third-order valence-corrected chi connectivity index (χ3v) is 1.80. The molecule has 0 radical (unpaired) electrons. The first-order valence-electron chi connectivity index (χ1n) is 3.50. The van der Waals surface area contributed by atoms with Gasteiger partial charge in [-0.2, -0.15) is 0 Å². The average Bonchev–Trinajstić information content (AvgIpc) is 2.09. The van der Waals surface area contributed by atoms with Crippen molar-refractivity contribution in [2.75, 3.05) is 0 Å². The van der Waals surface area contributed by atoms with E-state index in [9.17, 15) is 4.79 Å². The minimum absolute atomic E-state index is 0.338. The van der Waals surface area contributed by atoms with Crippen LogP contribution in [0.15, 0.2) is 23.3 Å². The predicted molar refractivity (Wildman–Crippen MR) is 49.7 cm³/mol. The van der Waals surface area contributed by atoms with Crippen LogP contribution in [0.1, 0.15) is 15.9 Å². The van der Waals surface area contributed by atoms with Crippen molar-refractivity contribution in [1.29, 1.82) is 0 Å². The minimum atomic E-state index is -0.609. The minimum Gasteiger partial charge on any atom is -0.287 e. The van der Waals surface area contributed by atoms with Crippen molar-refractivity contribution in [3.8, 4) is 0 Å². The monoisotopic (exact) mass is 195 g/mol. The molecule has 0 spiro atoms. The molecule has 0 heterocycles. The zero-order valence-electron chi connectivity index (χ0n) is 6.86. The maximum absolute atomic E-state index is 11.1. The van der Waals surface area contributed by atoms with Crippen LogP contribution in [0, 0.1) is 6.92 Å². The van der Waals surface area contributed by atoms with Crippen molar-refractivity contribution in [1.82, 2.24) is 0 Å². The molecule has 0 unspecified atom stereocenters. The van der Waals surface area contributed by atoms with Crippen LogP contribution in [-0.4, -0.2) is 5.91 Å². The van der Waals surface area contributed by atoms with Gasteiger partial charge >= 0.3 is 0 Å². The highest BCUT2D eigenvalue weighted by molar-refractivity contribution is 6.31. The largest absolute Gasteiger partial charge is 0.287 e. The number of carbonyl (C=O) groups excluding carboxylic acids is 1. The second kappa shape index (κ2) is 3.94. The molecule has 5 heteroatoms. The summed E-state index contributed by atoms with van der Waals surface area (Å²) >= 11 is 5.67. The number of rotatable bonds is 1. The number of hydrogen-bond acceptors (Lipinski definition) is 1. The number of halogens is 1. The van der Waals surface area contributed by atoms with E-state index in [1.54, 1.807) is 19.1 Å². The first kappa shape index (κ1) is 9.58. The molecule has 0 saturated heterocycles. The van der Waals surface area contributed by atoms with Gasteiger partial charge in [-0.05, 0) is 35.3 Å². The van der Waals surface area contributed by atoms with E-state index in [4.69, 9.17) is 17.1 Å². The Labute approximate surface area is 79.8 Å². The summed E-state index contributed by atoms with van der Waals surface area (Å²) in [6.07, 6.45) is 0. The molecule has 0 aliphatic heterocycles. The summed E-state index contributed by atoms with van der Waals surface area (Å²) < 4.78 is 0. The maximum atomic E-state index is 11.1. The van der Waals surface area contributed by atoms with E-state index in [0.29, 0.717) is 10.6 Å². The molecule has 0 N–H and O–H groups in total. The number of nitrogens with zero attached hydrogens (tertiary/aromatic N) is 3. The first-order valence-corrected chi connectivity index (χ1v) is 3.88. The second-order valence-electron chi connectivity index (χ2n) is 2.45. The van der Waals surface area contributed by atoms with Crippen molar-refractivity contribution in [2.45, 2.75) is 6.92 Å². The maximum Gasteiger partial charge on any atom is 0.249 e. The number of azide groups is 1. The van der Waals surface area contributed by atoms with Crippen molar-refractivity contribution >= 4 is 17.5 Å². The number of carbonyl (C=O) groups is 1. The molecule has 4 nitrogen and oxygen atoms in total. The molecule has 0 fully saturated rings.